The van der Waals surface area contributed by atoms with Gasteiger partial charge in [0.2, 0.25) is 0 Å². The Morgan fingerprint density at radius 1 is 0.842 bits per heavy atom. The van der Waals surface area contributed by atoms with Crippen LogP contribution in [0.25, 0.3) is 11.1 Å². The molecule has 0 aliphatic rings. The van der Waals surface area contributed by atoms with Gasteiger partial charge >= 0.3 is 0 Å². The molecule has 0 bridgehead atoms. The summed E-state index contributed by atoms with van der Waals surface area (Å²) in [5.74, 6) is 0.484. The van der Waals surface area contributed by atoms with Crippen molar-refractivity contribution in [2.75, 3.05) is 0 Å². The van der Waals surface area contributed by atoms with Gasteiger partial charge in [0.25, 0.3) is 0 Å². The summed E-state index contributed by atoms with van der Waals surface area (Å²) in [4.78, 5) is 4.53. The van der Waals surface area contributed by atoms with Crippen LogP contribution >= 0.6 is 0 Å². The molecule has 0 amide bonds. The maximum Gasteiger partial charge on any atom is 0.0429 e. The first-order valence-corrected chi connectivity index (χ1v) is 6.95. The Kier molecular flexibility index (Phi) is 3.75. The van der Waals surface area contributed by atoms with Crippen LogP contribution in [0, 0.1) is 0 Å². The quantitative estimate of drug-likeness (QED) is 0.719. The van der Waals surface area contributed by atoms with E-state index in [4.69, 9.17) is 0 Å². The molecule has 0 N–H and O–H groups in total. The minimum Gasteiger partial charge on any atom is -0.260 e. The van der Waals surface area contributed by atoms with E-state index < -0.39 is 0 Å². The van der Waals surface area contributed by atoms with Crippen LogP contribution in [0.4, 0.5) is 0 Å². The van der Waals surface area contributed by atoms with E-state index in [0.717, 1.165) is 5.69 Å². The van der Waals surface area contributed by atoms with Gasteiger partial charge in [-0.3, -0.25) is 4.98 Å². The lowest BCUT2D eigenvalue weighted by Gasteiger charge is -2.19. The van der Waals surface area contributed by atoms with Crippen LogP contribution in [0.1, 0.15) is 51.8 Å². The maximum atomic E-state index is 4.53. The van der Waals surface area contributed by atoms with Gasteiger partial charge in [0.05, 0.1) is 0 Å². The van der Waals surface area contributed by atoms with Gasteiger partial charge in [0.15, 0.2) is 0 Å². The zero-order valence-electron chi connectivity index (χ0n) is 12.6. The zero-order chi connectivity index (χ0) is 14.0. The molecule has 2 rings (SSSR count). The molecule has 19 heavy (non-hydrogen) atoms. The second kappa shape index (κ2) is 5.16. The van der Waals surface area contributed by atoms with Crippen LogP contribution in [-0.2, 0) is 5.41 Å². The van der Waals surface area contributed by atoms with Crippen molar-refractivity contribution < 1.29 is 0 Å². The Morgan fingerprint density at radius 2 is 1.42 bits per heavy atom. The van der Waals surface area contributed by atoms with Crippen LogP contribution in [0.3, 0.4) is 0 Å². The minimum atomic E-state index is 0.207. The van der Waals surface area contributed by atoms with Crippen molar-refractivity contribution in [3.8, 4) is 11.1 Å². The predicted molar refractivity (Wildman–Crippen MR) is 82.5 cm³/mol. The Bertz CT molecular complexity index is 527. The third-order valence-electron chi connectivity index (χ3n) is 3.46. The van der Waals surface area contributed by atoms with Gasteiger partial charge in [0.1, 0.15) is 0 Å². The molecule has 0 saturated carbocycles. The minimum absolute atomic E-state index is 0.207. The van der Waals surface area contributed by atoms with Crippen molar-refractivity contribution in [3.05, 3.63) is 53.9 Å². The fraction of sp³-hybridized carbons (Fsp3) is 0.389. The number of rotatable bonds is 2. The lowest BCUT2D eigenvalue weighted by Crippen LogP contribution is -2.10. The Balaban J connectivity index is 2.27. The molecule has 2 aromatic rings. The van der Waals surface area contributed by atoms with Crippen molar-refractivity contribution in [3.63, 3.8) is 0 Å². The molecule has 1 aromatic heterocycles. The summed E-state index contributed by atoms with van der Waals surface area (Å²) in [7, 11) is 0. The van der Waals surface area contributed by atoms with Crippen molar-refractivity contribution in [1.29, 1.82) is 0 Å². The second-order valence-electron chi connectivity index (χ2n) is 6.45. The van der Waals surface area contributed by atoms with Crippen LogP contribution in [0.2, 0.25) is 0 Å². The third-order valence-corrected chi connectivity index (χ3v) is 3.46. The molecule has 0 fully saturated rings. The SMILES string of the molecule is CC(C)c1ccc(-c2ccc(C(C)(C)C)cc2)cn1. The van der Waals surface area contributed by atoms with Gasteiger partial charge < -0.3 is 0 Å². The molecule has 0 aliphatic carbocycles. The molecule has 1 heterocycles. The summed E-state index contributed by atoms with van der Waals surface area (Å²) in [6, 6.07) is 13.1. The Hall–Kier alpha value is -1.63. The topological polar surface area (TPSA) is 12.9 Å². The smallest absolute Gasteiger partial charge is 0.0429 e. The Labute approximate surface area is 116 Å². The highest BCUT2D eigenvalue weighted by atomic mass is 14.7. The molecule has 1 aromatic carbocycles. The summed E-state index contributed by atoms with van der Waals surface area (Å²) < 4.78 is 0. The second-order valence-corrected chi connectivity index (χ2v) is 6.45. The van der Waals surface area contributed by atoms with Gasteiger partial charge in [-0.2, -0.15) is 0 Å². The number of nitrogens with zero attached hydrogens (tertiary/aromatic N) is 1. The van der Waals surface area contributed by atoms with E-state index in [2.05, 4.69) is 76.0 Å². The van der Waals surface area contributed by atoms with Crippen molar-refractivity contribution in [2.45, 2.75) is 46.0 Å². The molecule has 0 unspecified atom stereocenters. The van der Waals surface area contributed by atoms with E-state index in [1.165, 1.54) is 16.7 Å². The summed E-state index contributed by atoms with van der Waals surface area (Å²) in [6.45, 7) is 11.0. The fourth-order valence-electron chi connectivity index (χ4n) is 2.08. The van der Waals surface area contributed by atoms with Crippen LogP contribution in [0.15, 0.2) is 42.6 Å². The first-order chi connectivity index (χ1) is 8.88. The summed E-state index contributed by atoms with van der Waals surface area (Å²) in [5, 5.41) is 0. The van der Waals surface area contributed by atoms with Gasteiger partial charge in [-0.15, -0.1) is 0 Å². The summed E-state index contributed by atoms with van der Waals surface area (Å²) in [6.07, 6.45) is 1.97. The highest BCUT2D eigenvalue weighted by Gasteiger charge is 2.13. The highest BCUT2D eigenvalue weighted by molar-refractivity contribution is 5.63. The van der Waals surface area contributed by atoms with Crippen molar-refractivity contribution in [2.24, 2.45) is 0 Å². The lowest BCUT2D eigenvalue weighted by atomic mass is 9.86. The number of pyridine rings is 1. The first kappa shape index (κ1) is 13.8. The van der Waals surface area contributed by atoms with Gasteiger partial charge in [-0.25, -0.2) is 0 Å². The normalized spacial score (nSPS) is 11.9. The molecule has 100 valence electrons. The van der Waals surface area contributed by atoms with Crippen LogP contribution in [-0.4, -0.2) is 4.98 Å². The number of hydrogen-bond acceptors (Lipinski definition) is 1. The van der Waals surface area contributed by atoms with E-state index in [9.17, 15) is 0 Å². The number of hydrogen-bond donors (Lipinski definition) is 0. The monoisotopic (exact) mass is 253 g/mol. The van der Waals surface area contributed by atoms with Crippen molar-refractivity contribution >= 4 is 0 Å². The highest BCUT2D eigenvalue weighted by Crippen LogP contribution is 2.26. The van der Waals surface area contributed by atoms with Gasteiger partial charge in [-0.05, 0) is 28.5 Å². The molecule has 1 nitrogen and oxygen atoms in total. The third kappa shape index (κ3) is 3.23. The van der Waals surface area contributed by atoms with Gasteiger partial charge in [0, 0.05) is 17.5 Å². The molecule has 0 aliphatic heterocycles. The van der Waals surface area contributed by atoms with Crippen LogP contribution < -0.4 is 0 Å². The van der Waals surface area contributed by atoms with E-state index in [1.807, 2.05) is 6.20 Å². The van der Waals surface area contributed by atoms with Crippen molar-refractivity contribution in [1.82, 2.24) is 4.98 Å². The summed E-state index contributed by atoms with van der Waals surface area (Å²) in [5.41, 5.74) is 5.14. The standard InChI is InChI=1S/C18H23N/c1-13(2)17-11-8-15(12-19-17)14-6-9-16(10-7-14)18(3,4)5/h6-13H,1-5H3. The molecule has 0 radical (unpaired) electrons. The zero-order valence-corrected chi connectivity index (χ0v) is 12.6. The average Bonchev–Trinajstić information content (AvgIpc) is 2.38. The van der Waals surface area contributed by atoms with E-state index in [0.29, 0.717) is 5.92 Å². The summed E-state index contributed by atoms with van der Waals surface area (Å²) >= 11 is 0. The predicted octanol–water partition coefficient (Wildman–Crippen LogP) is 5.17. The lowest BCUT2D eigenvalue weighted by molar-refractivity contribution is 0.590. The first-order valence-electron chi connectivity index (χ1n) is 6.95. The van der Waals surface area contributed by atoms with E-state index >= 15 is 0 Å². The average molecular weight is 253 g/mol. The fourth-order valence-corrected chi connectivity index (χ4v) is 2.08. The molecule has 0 spiro atoms. The van der Waals surface area contributed by atoms with Gasteiger partial charge in [-0.1, -0.05) is 65.0 Å². The Morgan fingerprint density at radius 3 is 1.84 bits per heavy atom. The van der Waals surface area contributed by atoms with Crippen LogP contribution in [0.5, 0.6) is 0 Å². The molecule has 0 saturated heterocycles. The maximum absolute atomic E-state index is 4.53. The number of benzene rings is 1. The molecule has 1 heteroatoms. The molecule has 0 atom stereocenters. The van der Waals surface area contributed by atoms with E-state index in [-0.39, 0.29) is 5.41 Å². The molecular weight excluding hydrogens is 230 g/mol. The van der Waals surface area contributed by atoms with E-state index in [1.54, 1.807) is 0 Å². The molecular formula is C18H23N. The number of aromatic nitrogens is 1. The largest absolute Gasteiger partial charge is 0.260 e.